The third kappa shape index (κ3) is 2.64. The molecule has 0 aromatic heterocycles. The molecule has 0 saturated carbocycles. The highest BCUT2D eigenvalue weighted by Gasteiger charge is 2.16. The molecule has 0 spiro atoms. The zero-order valence-electron chi connectivity index (χ0n) is 10.5. The number of esters is 1. The third-order valence-electron chi connectivity index (χ3n) is 2.77. The molecule has 0 aliphatic heterocycles. The maximum atomic E-state index is 13.1. The Hall–Kier alpha value is -2.76. The summed E-state index contributed by atoms with van der Waals surface area (Å²) in [6.07, 6.45) is 0. The van der Waals surface area contributed by atoms with E-state index in [1.165, 1.54) is 25.3 Å². The van der Waals surface area contributed by atoms with Crippen LogP contribution in [0.3, 0.4) is 0 Å². The van der Waals surface area contributed by atoms with E-state index in [0.29, 0.717) is 11.1 Å². The van der Waals surface area contributed by atoms with Crippen LogP contribution < -0.4 is 0 Å². The first-order chi connectivity index (χ1) is 9.52. The van der Waals surface area contributed by atoms with Gasteiger partial charge in [0.15, 0.2) is 0 Å². The largest absolute Gasteiger partial charge is 0.465 e. The average molecular weight is 275 g/mol. The van der Waals surface area contributed by atoms with Crippen LogP contribution in [0.5, 0.6) is 0 Å². The normalized spacial score (nSPS) is 10.1. The van der Waals surface area contributed by atoms with E-state index in [1.54, 1.807) is 12.1 Å². The van der Waals surface area contributed by atoms with Gasteiger partial charge in [-0.1, -0.05) is 12.1 Å². The van der Waals surface area contributed by atoms with Crippen molar-refractivity contribution in [1.29, 1.82) is 0 Å². The Morgan fingerprint density at radius 1 is 1.20 bits per heavy atom. The summed E-state index contributed by atoms with van der Waals surface area (Å²) in [7, 11) is 1.26. The summed E-state index contributed by atoms with van der Waals surface area (Å²) in [5.74, 6) is -1.17. The molecule has 6 heteroatoms. The van der Waals surface area contributed by atoms with Crippen LogP contribution >= 0.6 is 0 Å². The van der Waals surface area contributed by atoms with E-state index in [1.807, 2.05) is 0 Å². The van der Waals surface area contributed by atoms with Gasteiger partial charge >= 0.3 is 5.97 Å². The van der Waals surface area contributed by atoms with Crippen molar-refractivity contribution in [1.82, 2.24) is 0 Å². The maximum Gasteiger partial charge on any atom is 0.337 e. The molecule has 0 fully saturated rings. The Morgan fingerprint density at radius 3 is 2.40 bits per heavy atom. The number of nitrogens with zero attached hydrogens (tertiary/aromatic N) is 1. The van der Waals surface area contributed by atoms with Crippen LogP contribution in [0, 0.1) is 15.9 Å². The lowest BCUT2D eigenvalue weighted by molar-refractivity contribution is -0.384. The van der Waals surface area contributed by atoms with Gasteiger partial charge in [0.2, 0.25) is 0 Å². The number of nitro groups is 1. The summed E-state index contributed by atoms with van der Waals surface area (Å²) in [5, 5.41) is 10.9. The van der Waals surface area contributed by atoms with E-state index >= 15 is 0 Å². The van der Waals surface area contributed by atoms with Crippen molar-refractivity contribution in [2.45, 2.75) is 0 Å². The average Bonchev–Trinajstić information content (AvgIpc) is 2.46. The lowest BCUT2D eigenvalue weighted by atomic mass is 10.0. The smallest absolute Gasteiger partial charge is 0.337 e. The van der Waals surface area contributed by atoms with Crippen molar-refractivity contribution in [2.75, 3.05) is 7.11 Å². The number of ether oxygens (including phenoxy) is 1. The molecule has 0 N–H and O–H groups in total. The Balaban J connectivity index is 2.47. The summed E-state index contributed by atoms with van der Waals surface area (Å²) >= 11 is 0. The quantitative estimate of drug-likeness (QED) is 0.490. The topological polar surface area (TPSA) is 69.4 Å². The second kappa shape index (κ2) is 5.48. The van der Waals surface area contributed by atoms with Gasteiger partial charge in [-0.05, 0) is 29.8 Å². The molecule has 0 amide bonds. The van der Waals surface area contributed by atoms with Gasteiger partial charge in [-0.25, -0.2) is 9.18 Å². The molecule has 0 heterocycles. The van der Waals surface area contributed by atoms with Crippen molar-refractivity contribution in [2.24, 2.45) is 0 Å². The van der Waals surface area contributed by atoms with Gasteiger partial charge in [0, 0.05) is 0 Å². The lowest BCUT2D eigenvalue weighted by Crippen LogP contribution is -2.00. The summed E-state index contributed by atoms with van der Waals surface area (Å²) in [6.45, 7) is 0. The molecule has 2 rings (SSSR count). The number of benzene rings is 2. The summed E-state index contributed by atoms with van der Waals surface area (Å²) in [4.78, 5) is 21.6. The van der Waals surface area contributed by atoms with Crippen LogP contribution in [0.15, 0.2) is 42.5 Å². The minimum atomic E-state index is -0.674. The highest BCUT2D eigenvalue weighted by atomic mass is 19.1. The van der Waals surface area contributed by atoms with Gasteiger partial charge in [0.05, 0.1) is 29.2 Å². The van der Waals surface area contributed by atoms with Crippen LogP contribution in [-0.2, 0) is 4.74 Å². The number of hydrogen-bond acceptors (Lipinski definition) is 4. The van der Waals surface area contributed by atoms with Gasteiger partial charge in [0.1, 0.15) is 5.82 Å². The first-order valence-electron chi connectivity index (χ1n) is 5.65. The van der Waals surface area contributed by atoms with E-state index in [0.717, 1.165) is 12.1 Å². The van der Waals surface area contributed by atoms with Gasteiger partial charge in [0.25, 0.3) is 5.69 Å². The Morgan fingerprint density at radius 2 is 1.85 bits per heavy atom. The zero-order valence-corrected chi connectivity index (χ0v) is 10.5. The SMILES string of the molecule is COC(=O)c1ccc(-c2ccc(F)cc2[N+](=O)[O-])cc1. The van der Waals surface area contributed by atoms with Gasteiger partial charge < -0.3 is 4.74 Å². The van der Waals surface area contributed by atoms with Crippen LogP contribution in [0.25, 0.3) is 11.1 Å². The predicted molar refractivity (Wildman–Crippen MR) is 69.8 cm³/mol. The number of methoxy groups -OCH3 is 1. The first-order valence-corrected chi connectivity index (χ1v) is 5.65. The van der Waals surface area contributed by atoms with Gasteiger partial charge in [-0.15, -0.1) is 0 Å². The number of nitro benzene ring substituents is 1. The molecule has 102 valence electrons. The van der Waals surface area contributed by atoms with Crippen molar-refractivity contribution in [3.63, 3.8) is 0 Å². The molecule has 0 aliphatic carbocycles. The van der Waals surface area contributed by atoms with E-state index in [2.05, 4.69) is 4.74 Å². The second-order valence-electron chi connectivity index (χ2n) is 3.99. The fourth-order valence-corrected chi connectivity index (χ4v) is 1.80. The van der Waals surface area contributed by atoms with Gasteiger partial charge in [-0.2, -0.15) is 0 Å². The van der Waals surface area contributed by atoms with Crippen LogP contribution in [0.2, 0.25) is 0 Å². The summed E-state index contributed by atoms with van der Waals surface area (Å²) < 4.78 is 17.6. The maximum absolute atomic E-state index is 13.1. The molecular formula is C14H10FNO4. The van der Waals surface area contributed by atoms with Crippen LogP contribution in [0.1, 0.15) is 10.4 Å². The number of hydrogen-bond donors (Lipinski definition) is 0. The first kappa shape index (κ1) is 13.7. The molecule has 0 unspecified atom stereocenters. The molecule has 0 radical (unpaired) electrons. The number of halogens is 1. The Kier molecular flexibility index (Phi) is 3.74. The van der Waals surface area contributed by atoms with Gasteiger partial charge in [-0.3, -0.25) is 10.1 Å². The van der Waals surface area contributed by atoms with Crippen molar-refractivity contribution >= 4 is 11.7 Å². The molecule has 0 bridgehead atoms. The monoisotopic (exact) mass is 275 g/mol. The molecule has 0 saturated heterocycles. The minimum absolute atomic E-state index is 0.285. The summed E-state index contributed by atoms with van der Waals surface area (Å²) in [6, 6.07) is 9.43. The third-order valence-corrected chi connectivity index (χ3v) is 2.77. The zero-order chi connectivity index (χ0) is 14.7. The van der Waals surface area contributed by atoms with Crippen LogP contribution in [-0.4, -0.2) is 18.0 Å². The Bertz CT molecular complexity index is 667. The van der Waals surface area contributed by atoms with E-state index in [-0.39, 0.29) is 11.3 Å². The lowest BCUT2D eigenvalue weighted by Gasteiger charge is -2.04. The van der Waals surface area contributed by atoms with Crippen molar-refractivity contribution in [3.05, 3.63) is 64.0 Å². The highest BCUT2D eigenvalue weighted by molar-refractivity contribution is 5.90. The van der Waals surface area contributed by atoms with Crippen LogP contribution in [0.4, 0.5) is 10.1 Å². The molecule has 0 atom stereocenters. The molecular weight excluding hydrogens is 265 g/mol. The number of rotatable bonds is 3. The fraction of sp³-hybridized carbons (Fsp3) is 0.0714. The highest BCUT2D eigenvalue weighted by Crippen LogP contribution is 2.30. The standard InChI is InChI=1S/C14H10FNO4/c1-20-14(17)10-4-2-9(3-5-10)12-7-6-11(15)8-13(12)16(18)19/h2-8H,1H3. The minimum Gasteiger partial charge on any atom is -0.465 e. The molecule has 0 aliphatic rings. The molecule has 5 nitrogen and oxygen atoms in total. The van der Waals surface area contributed by atoms with E-state index < -0.39 is 16.7 Å². The molecule has 2 aromatic carbocycles. The van der Waals surface area contributed by atoms with Crippen molar-refractivity contribution < 1.29 is 18.8 Å². The molecule has 2 aromatic rings. The predicted octanol–water partition coefficient (Wildman–Crippen LogP) is 3.19. The number of carbonyl (C=O) groups is 1. The number of carbonyl (C=O) groups excluding carboxylic acids is 1. The fourth-order valence-electron chi connectivity index (χ4n) is 1.80. The second-order valence-corrected chi connectivity index (χ2v) is 3.99. The van der Waals surface area contributed by atoms with Crippen molar-refractivity contribution in [3.8, 4) is 11.1 Å². The van der Waals surface area contributed by atoms with E-state index in [9.17, 15) is 19.3 Å². The molecule has 20 heavy (non-hydrogen) atoms. The summed E-state index contributed by atoms with van der Waals surface area (Å²) in [5.41, 5.74) is 0.814. The Labute approximate surface area is 113 Å². The van der Waals surface area contributed by atoms with E-state index in [4.69, 9.17) is 0 Å².